The summed E-state index contributed by atoms with van der Waals surface area (Å²) >= 11 is 1.61. The topological polar surface area (TPSA) is 54.0 Å². The number of rotatable bonds is 2. The predicted octanol–water partition coefficient (Wildman–Crippen LogP) is 3.81. The van der Waals surface area contributed by atoms with Crippen LogP contribution in [0.3, 0.4) is 0 Å². The van der Waals surface area contributed by atoms with Crippen LogP contribution >= 0.6 is 11.3 Å². The van der Waals surface area contributed by atoms with Crippen LogP contribution in [0.25, 0.3) is 10.8 Å². The highest BCUT2D eigenvalue weighted by atomic mass is 32.1. The van der Waals surface area contributed by atoms with E-state index >= 15 is 0 Å². The molecule has 0 fully saturated rings. The van der Waals surface area contributed by atoms with Crippen molar-refractivity contribution in [1.82, 2.24) is 4.98 Å². The summed E-state index contributed by atoms with van der Waals surface area (Å²) in [5.74, 6) is 0.788. The van der Waals surface area contributed by atoms with Crippen molar-refractivity contribution in [3.63, 3.8) is 0 Å². The number of benzene rings is 2. The lowest BCUT2D eigenvalue weighted by Crippen LogP contribution is -2.22. The lowest BCUT2D eigenvalue weighted by atomic mass is 9.88. The SMILES string of the molecule is CNc1nc2c(s1)[C@@H](c1cccc3ccccc13)CC(=O)N2. The number of anilines is 2. The Labute approximate surface area is 132 Å². The minimum atomic E-state index is 0.0263. The Morgan fingerprint density at radius 3 is 2.91 bits per heavy atom. The molecule has 1 atom stereocenters. The van der Waals surface area contributed by atoms with Crippen LogP contribution in [0.1, 0.15) is 22.8 Å². The number of fused-ring (bicyclic) bond motifs is 2. The van der Waals surface area contributed by atoms with Crippen LogP contribution in [0.15, 0.2) is 42.5 Å². The summed E-state index contributed by atoms with van der Waals surface area (Å²) < 4.78 is 0. The van der Waals surface area contributed by atoms with Gasteiger partial charge in [0.25, 0.3) is 0 Å². The average molecular weight is 309 g/mol. The second kappa shape index (κ2) is 5.10. The van der Waals surface area contributed by atoms with Gasteiger partial charge in [0.2, 0.25) is 5.91 Å². The van der Waals surface area contributed by atoms with Gasteiger partial charge in [0.1, 0.15) is 5.82 Å². The minimum absolute atomic E-state index is 0.0263. The van der Waals surface area contributed by atoms with Gasteiger partial charge in [-0.25, -0.2) is 4.98 Å². The van der Waals surface area contributed by atoms with Gasteiger partial charge in [0, 0.05) is 19.4 Å². The van der Waals surface area contributed by atoms with Crippen molar-refractivity contribution < 1.29 is 4.79 Å². The smallest absolute Gasteiger partial charge is 0.226 e. The van der Waals surface area contributed by atoms with Crippen molar-refractivity contribution in [2.45, 2.75) is 12.3 Å². The fourth-order valence-corrected chi connectivity index (χ4v) is 4.02. The van der Waals surface area contributed by atoms with Gasteiger partial charge in [-0.15, -0.1) is 0 Å². The molecule has 2 N–H and O–H groups in total. The second-order valence-corrected chi connectivity index (χ2v) is 6.39. The molecule has 0 saturated heterocycles. The normalized spacial score (nSPS) is 17.1. The molecule has 5 heteroatoms. The molecule has 2 aromatic carbocycles. The Hall–Kier alpha value is -2.40. The molecule has 22 heavy (non-hydrogen) atoms. The molecule has 4 rings (SSSR count). The number of amides is 1. The summed E-state index contributed by atoms with van der Waals surface area (Å²) in [6.07, 6.45) is 0.465. The quantitative estimate of drug-likeness (QED) is 0.757. The average Bonchev–Trinajstić information content (AvgIpc) is 2.96. The standard InChI is InChI=1S/C17H15N3OS/c1-18-17-20-16-15(22-17)13(9-14(21)19-16)12-8-4-6-10-5-2-3-7-11(10)12/h2-8,13H,9H2,1H3,(H,18,20)(H,19,21)/t13-/m1/s1. The molecule has 1 amide bonds. The van der Waals surface area contributed by atoms with Crippen LogP contribution < -0.4 is 10.6 Å². The molecule has 0 radical (unpaired) electrons. The van der Waals surface area contributed by atoms with Crippen molar-refractivity contribution in [1.29, 1.82) is 0 Å². The van der Waals surface area contributed by atoms with Gasteiger partial charge in [-0.2, -0.15) is 0 Å². The Bertz CT molecular complexity index is 866. The van der Waals surface area contributed by atoms with E-state index < -0.39 is 0 Å². The fourth-order valence-electron chi connectivity index (χ4n) is 3.03. The van der Waals surface area contributed by atoms with E-state index in [1.165, 1.54) is 16.3 Å². The van der Waals surface area contributed by atoms with Gasteiger partial charge in [0.15, 0.2) is 5.13 Å². The molecular formula is C17H15N3OS. The lowest BCUT2D eigenvalue weighted by molar-refractivity contribution is -0.116. The van der Waals surface area contributed by atoms with Crippen LogP contribution in [0, 0.1) is 0 Å². The molecule has 0 saturated carbocycles. The highest BCUT2D eigenvalue weighted by Crippen LogP contribution is 2.43. The van der Waals surface area contributed by atoms with E-state index in [4.69, 9.17) is 0 Å². The zero-order chi connectivity index (χ0) is 15.1. The molecule has 4 nitrogen and oxygen atoms in total. The van der Waals surface area contributed by atoms with Gasteiger partial charge < -0.3 is 10.6 Å². The molecule has 3 aromatic rings. The van der Waals surface area contributed by atoms with Gasteiger partial charge in [0.05, 0.1) is 4.88 Å². The van der Waals surface area contributed by atoms with E-state index in [1.54, 1.807) is 11.3 Å². The van der Waals surface area contributed by atoms with Gasteiger partial charge in [-0.05, 0) is 16.3 Å². The predicted molar refractivity (Wildman–Crippen MR) is 90.7 cm³/mol. The first-order valence-electron chi connectivity index (χ1n) is 7.22. The van der Waals surface area contributed by atoms with Crippen LogP contribution in [-0.4, -0.2) is 17.9 Å². The van der Waals surface area contributed by atoms with E-state index in [0.29, 0.717) is 12.2 Å². The lowest BCUT2D eigenvalue weighted by Gasteiger charge is -2.22. The molecule has 0 spiro atoms. The Balaban J connectivity index is 1.92. The first-order chi connectivity index (χ1) is 10.8. The first-order valence-corrected chi connectivity index (χ1v) is 8.04. The molecule has 2 heterocycles. The zero-order valence-electron chi connectivity index (χ0n) is 12.1. The van der Waals surface area contributed by atoms with Gasteiger partial charge in [-0.3, -0.25) is 4.79 Å². The Morgan fingerprint density at radius 2 is 2.05 bits per heavy atom. The molecular weight excluding hydrogens is 294 g/mol. The Morgan fingerprint density at radius 1 is 1.23 bits per heavy atom. The molecule has 1 aliphatic heterocycles. The second-order valence-electron chi connectivity index (χ2n) is 5.36. The summed E-state index contributed by atoms with van der Waals surface area (Å²) in [5.41, 5.74) is 1.19. The number of nitrogens with one attached hydrogen (secondary N) is 2. The van der Waals surface area contributed by atoms with Crippen molar-refractivity contribution in [3.05, 3.63) is 52.9 Å². The maximum atomic E-state index is 12.1. The van der Waals surface area contributed by atoms with Gasteiger partial charge >= 0.3 is 0 Å². The number of carbonyl (C=O) groups is 1. The molecule has 1 aliphatic rings. The maximum Gasteiger partial charge on any atom is 0.226 e. The van der Waals surface area contributed by atoms with E-state index in [2.05, 4.69) is 45.9 Å². The fraction of sp³-hybridized carbons (Fsp3) is 0.176. The summed E-state index contributed by atoms with van der Waals surface area (Å²) in [5, 5.41) is 9.18. The Kier molecular flexibility index (Phi) is 3.08. The van der Waals surface area contributed by atoms with Crippen molar-refractivity contribution in [2.75, 3.05) is 17.7 Å². The monoisotopic (exact) mass is 309 g/mol. The van der Waals surface area contributed by atoms with Crippen molar-refractivity contribution in [2.24, 2.45) is 0 Å². The number of aromatic nitrogens is 1. The summed E-state index contributed by atoms with van der Waals surface area (Å²) in [7, 11) is 1.85. The third-order valence-corrected chi connectivity index (χ3v) is 5.22. The van der Waals surface area contributed by atoms with Crippen molar-refractivity contribution >= 4 is 39.0 Å². The highest BCUT2D eigenvalue weighted by molar-refractivity contribution is 7.16. The van der Waals surface area contributed by atoms with Crippen molar-refractivity contribution in [3.8, 4) is 0 Å². The number of hydrogen-bond acceptors (Lipinski definition) is 4. The third kappa shape index (κ3) is 2.05. The molecule has 110 valence electrons. The van der Waals surface area contributed by atoms with Crippen LogP contribution in [0.2, 0.25) is 0 Å². The molecule has 0 unspecified atom stereocenters. The minimum Gasteiger partial charge on any atom is -0.365 e. The largest absolute Gasteiger partial charge is 0.365 e. The molecule has 1 aromatic heterocycles. The third-order valence-electron chi connectivity index (χ3n) is 4.03. The number of carbonyl (C=O) groups excluding carboxylic acids is 1. The number of thiazole rings is 1. The number of nitrogens with zero attached hydrogens (tertiary/aromatic N) is 1. The highest BCUT2D eigenvalue weighted by Gasteiger charge is 2.31. The van der Waals surface area contributed by atoms with Crippen LogP contribution in [0.5, 0.6) is 0 Å². The van der Waals surface area contributed by atoms with Crippen LogP contribution in [-0.2, 0) is 4.79 Å². The van der Waals surface area contributed by atoms with E-state index in [0.717, 1.165) is 10.0 Å². The van der Waals surface area contributed by atoms with E-state index in [9.17, 15) is 4.79 Å². The zero-order valence-corrected chi connectivity index (χ0v) is 12.9. The summed E-state index contributed by atoms with van der Waals surface area (Å²) in [6.45, 7) is 0. The molecule has 0 bridgehead atoms. The number of hydrogen-bond donors (Lipinski definition) is 2. The van der Waals surface area contributed by atoms with E-state index in [-0.39, 0.29) is 11.8 Å². The van der Waals surface area contributed by atoms with E-state index in [1.807, 2.05) is 19.2 Å². The van der Waals surface area contributed by atoms with Crippen LogP contribution in [0.4, 0.5) is 10.9 Å². The maximum absolute atomic E-state index is 12.1. The van der Waals surface area contributed by atoms with Gasteiger partial charge in [-0.1, -0.05) is 53.8 Å². The first kappa shape index (κ1) is 13.3. The summed E-state index contributed by atoms with van der Waals surface area (Å²) in [4.78, 5) is 17.7. The molecule has 0 aliphatic carbocycles. The summed E-state index contributed by atoms with van der Waals surface area (Å²) in [6, 6.07) is 14.6.